The second-order valence-corrected chi connectivity index (χ2v) is 9.73. The molecular formula is C26H38N10O7. The molecule has 4 unspecified atom stereocenters. The molecule has 1 aromatic carbocycles. The average Bonchev–Trinajstić information content (AvgIpc) is 3.46. The number of nitrogens with two attached hydrogens (primary N) is 4. The first-order valence-electron chi connectivity index (χ1n) is 13.3. The smallest absolute Gasteiger partial charge is 0.326 e. The van der Waals surface area contributed by atoms with Crippen LogP contribution in [0.2, 0.25) is 0 Å². The van der Waals surface area contributed by atoms with E-state index < -0.39 is 53.8 Å². The number of amides is 4. The van der Waals surface area contributed by atoms with Crippen LogP contribution in [0.4, 0.5) is 0 Å². The van der Waals surface area contributed by atoms with E-state index in [1.54, 1.807) is 12.1 Å². The molecule has 0 aliphatic rings. The fraction of sp³-hybridized carbons (Fsp3) is 0.423. The number of phenolic OH excluding ortho intramolecular Hbond substituents is 1. The first-order valence-corrected chi connectivity index (χ1v) is 13.3. The number of aromatic hydroxyl groups is 1. The van der Waals surface area contributed by atoms with Crippen molar-refractivity contribution in [1.82, 2.24) is 25.9 Å². The van der Waals surface area contributed by atoms with Gasteiger partial charge in [0.1, 0.15) is 23.9 Å². The van der Waals surface area contributed by atoms with Crippen molar-refractivity contribution in [1.29, 1.82) is 0 Å². The fourth-order valence-corrected chi connectivity index (χ4v) is 3.95. The first-order chi connectivity index (χ1) is 20.3. The number of carbonyl (C=O) groups excluding carboxylic acids is 4. The third kappa shape index (κ3) is 12.5. The summed E-state index contributed by atoms with van der Waals surface area (Å²) >= 11 is 0. The van der Waals surface area contributed by atoms with Crippen LogP contribution in [0.15, 0.2) is 41.8 Å². The predicted molar refractivity (Wildman–Crippen MR) is 154 cm³/mol. The summed E-state index contributed by atoms with van der Waals surface area (Å²) in [6.07, 6.45) is 2.52. The molecule has 0 fully saturated rings. The van der Waals surface area contributed by atoms with Gasteiger partial charge in [-0.25, -0.2) is 9.78 Å². The number of aliphatic carboxylic acids is 1. The molecule has 2 rings (SSSR count). The van der Waals surface area contributed by atoms with Crippen molar-refractivity contribution >= 4 is 35.6 Å². The number of carboxylic acids is 1. The quantitative estimate of drug-likeness (QED) is 0.0468. The van der Waals surface area contributed by atoms with Crippen LogP contribution in [0.5, 0.6) is 5.75 Å². The Morgan fingerprint density at radius 3 is 2.05 bits per heavy atom. The van der Waals surface area contributed by atoms with Crippen molar-refractivity contribution in [2.75, 3.05) is 6.54 Å². The molecule has 14 N–H and O–H groups in total. The average molecular weight is 603 g/mol. The van der Waals surface area contributed by atoms with E-state index in [1.165, 1.54) is 24.7 Å². The second-order valence-electron chi connectivity index (χ2n) is 9.73. The molecular weight excluding hydrogens is 564 g/mol. The third-order valence-electron chi connectivity index (χ3n) is 6.21. The zero-order valence-corrected chi connectivity index (χ0v) is 23.4. The van der Waals surface area contributed by atoms with Crippen LogP contribution in [-0.4, -0.2) is 86.5 Å². The highest BCUT2D eigenvalue weighted by Crippen LogP contribution is 2.11. The minimum Gasteiger partial charge on any atom is -0.508 e. The van der Waals surface area contributed by atoms with E-state index in [1.807, 2.05) is 0 Å². The molecule has 1 heterocycles. The maximum Gasteiger partial charge on any atom is 0.326 e. The number of aromatic nitrogens is 2. The van der Waals surface area contributed by atoms with Gasteiger partial charge in [-0.05, 0) is 43.4 Å². The van der Waals surface area contributed by atoms with Crippen LogP contribution < -0.4 is 38.9 Å². The highest BCUT2D eigenvalue weighted by Gasteiger charge is 2.30. The van der Waals surface area contributed by atoms with Crippen LogP contribution in [-0.2, 0) is 36.8 Å². The normalized spacial score (nSPS) is 13.5. The van der Waals surface area contributed by atoms with Gasteiger partial charge in [0.2, 0.25) is 23.6 Å². The number of nitrogens with one attached hydrogen (secondary N) is 4. The fourth-order valence-electron chi connectivity index (χ4n) is 3.95. The monoisotopic (exact) mass is 602 g/mol. The molecule has 0 bridgehead atoms. The number of aliphatic imine (C=N–C) groups is 1. The van der Waals surface area contributed by atoms with E-state index >= 15 is 0 Å². The molecule has 0 aliphatic carbocycles. The zero-order chi connectivity index (χ0) is 31.9. The number of H-pyrrole nitrogens is 1. The SMILES string of the molecule is NC(=O)CCC(NC(=O)C(N)Cc1ccc(O)cc1)C(=O)NC(CCCN=C(N)N)C(=O)NC(Cc1cnc[nH]1)C(=O)O. The number of aromatic amines is 1. The van der Waals surface area contributed by atoms with Crippen LogP contribution in [0.1, 0.15) is 36.9 Å². The number of benzene rings is 1. The van der Waals surface area contributed by atoms with Gasteiger partial charge < -0.3 is 54.1 Å². The van der Waals surface area contributed by atoms with Crippen LogP contribution >= 0.6 is 0 Å². The van der Waals surface area contributed by atoms with Crippen LogP contribution in [0.25, 0.3) is 0 Å². The Hall–Kier alpha value is -5.19. The molecule has 0 radical (unpaired) electrons. The molecule has 1 aromatic heterocycles. The molecule has 0 saturated carbocycles. The van der Waals surface area contributed by atoms with Crippen LogP contribution in [0.3, 0.4) is 0 Å². The van der Waals surface area contributed by atoms with Crippen molar-refractivity contribution < 1.29 is 34.2 Å². The number of carboxylic acid groups (broad SMARTS) is 1. The number of hydrogen-bond donors (Lipinski definition) is 10. The zero-order valence-electron chi connectivity index (χ0n) is 23.4. The molecule has 0 saturated heterocycles. The maximum absolute atomic E-state index is 13.3. The van der Waals surface area contributed by atoms with Gasteiger partial charge in [-0.1, -0.05) is 12.1 Å². The molecule has 4 amide bonds. The van der Waals surface area contributed by atoms with E-state index in [2.05, 4.69) is 30.9 Å². The number of primary amides is 1. The summed E-state index contributed by atoms with van der Waals surface area (Å²) in [6, 6.07) is 1.03. The molecule has 0 spiro atoms. The summed E-state index contributed by atoms with van der Waals surface area (Å²) in [6.45, 7) is 0.118. The maximum atomic E-state index is 13.3. The predicted octanol–water partition coefficient (Wildman–Crippen LogP) is -2.91. The van der Waals surface area contributed by atoms with Gasteiger partial charge in [0.15, 0.2) is 5.96 Å². The number of phenols is 1. The number of hydrogen-bond acceptors (Lipinski definition) is 9. The highest BCUT2D eigenvalue weighted by molar-refractivity contribution is 5.94. The van der Waals surface area contributed by atoms with Crippen molar-refractivity contribution in [2.45, 2.75) is 62.7 Å². The van der Waals surface area contributed by atoms with Gasteiger partial charge in [0, 0.05) is 31.3 Å². The Labute approximate surface area is 246 Å². The lowest BCUT2D eigenvalue weighted by molar-refractivity contribution is -0.142. The Morgan fingerprint density at radius 2 is 1.49 bits per heavy atom. The largest absolute Gasteiger partial charge is 0.508 e. The van der Waals surface area contributed by atoms with Gasteiger partial charge in [-0.3, -0.25) is 24.2 Å². The summed E-state index contributed by atoms with van der Waals surface area (Å²) in [5.41, 5.74) is 23.1. The van der Waals surface area contributed by atoms with E-state index in [0.29, 0.717) is 11.3 Å². The standard InChI is InChI=1S/C26H38N10O7/c27-17(10-14-3-5-16(37)6-4-14)22(39)34-19(7-8-21(28)38)24(41)35-18(2-1-9-32-26(29)30)23(40)36-20(25(42)43)11-15-12-31-13-33-15/h3-6,12-13,17-20,37H,1-2,7-11,27H2,(H2,28,38)(H,31,33)(H,34,39)(H,35,41)(H,36,40)(H,42,43)(H4,29,30,32). The number of imidazole rings is 1. The molecule has 17 nitrogen and oxygen atoms in total. The summed E-state index contributed by atoms with van der Waals surface area (Å²) < 4.78 is 0. The lowest BCUT2D eigenvalue weighted by Gasteiger charge is -2.25. The topological polar surface area (TPSA) is 307 Å². The Morgan fingerprint density at radius 1 is 0.884 bits per heavy atom. The van der Waals surface area contributed by atoms with Crippen molar-refractivity contribution in [2.24, 2.45) is 27.9 Å². The van der Waals surface area contributed by atoms with Crippen molar-refractivity contribution in [3.8, 4) is 5.75 Å². The van der Waals surface area contributed by atoms with Crippen molar-refractivity contribution in [3.05, 3.63) is 48.0 Å². The summed E-state index contributed by atoms with van der Waals surface area (Å²) in [7, 11) is 0. The van der Waals surface area contributed by atoms with Gasteiger partial charge in [0.05, 0.1) is 12.4 Å². The molecule has 2 aromatic rings. The molecule has 4 atom stereocenters. The third-order valence-corrected chi connectivity index (χ3v) is 6.21. The number of nitrogens with zero attached hydrogens (tertiary/aromatic N) is 2. The van der Waals surface area contributed by atoms with Gasteiger partial charge in [-0.15, -0.1) is 0 Å². The number of guanidine groups is 1. The minimum absolute atomic E-state index is 0.00159. The van der Waals surface area contributed by atoms with Gasteiger partial charge >= 0.3 is 5.97 Å². The van der Waals surface area contributed by atoms with E-state index in [9.17, 15) is 34.2 Å². The Bertz CT molecular complexity index is 1260. The minimum atomic E-state index is -1.35. The number of rotatable bonds is 18. The molecule has 43 heavy (non-hydrogen) atoms. The second kappa shape index (κ2) is 16.9. The van der Waals surface area contributed by atoms with E-state index in [-0.39, 0.29) is 56.8 Å². The van der Waals surface area contributed by atoms with Gasteiger partial charge in [-0.2, -0.15) is 0 Å². The molecule has 0 aliphatic heterocycles. The van der Waals surface area contributed by atoms with E-state index in [4.69, 9.17) is 22.9 Å². The van der Waals surface area contributed by atoms with Crippen LogP contribution in [0, 0.1) is 0 Å². The summed E-state index contributed by atoms with van der Waals surface area (Å²) in [4.78, 5) is 73.1. The van der Waals surface area contributed by atoms with Crippen molar-refractivity contribution in [3.63, 3.8) is 0 Å². The lowest BCUT2D eigenvalue weighted by Crippen LogP contribution is -2.57. The highest BCUT2D eigenvalue weighted by atomic mass is 16.4. The molecule has 234 valence electrons. The molecule has 17 heteroatoms. The Balaban J connectivity index is 2.18. The lowest BCUT2D eigenvalue weighted by atomic mass is 10.0. The Kier molecular flexibility index (Phi) is 13.4. The van der Waals surface area contributed by atoms with E-state index in [0.717, 1.165) is 0 Å². The number of carbonyl (C=O) groups is 5. The van der Waals surface area contributed by atoms with Gasteiger partial charge in [0.25, 0.3) is 0 Å². The summed E-state index contributed by atoms with van der Waals surface area (Å²) in [5, 5.41) is 26.5. The summed E-state index contributed by atoms with van der Waals surface area (Å²) in [5.74, 6) is -4.52. The first kappa shape index (κ1) is 34.0.